The standard InChI is InChI=1S/C14H29NO2/c1-4-6-14(16)13(5-2)15-9-7-12(8-10-15)11-17-3/h12-14,16H,4-11H2,1-3H3. The van der Waals surface area contributed by atoms with Crippen LogP contribution < -0.4 is 0 Å². The van der Waals surface area contributed by atoms with Crippen molar-refractivity contribution in [2.45, 2.75) is 58.1 Å². The summed E-state index contributed by atoms with van der Waals surface area (Å²) >= 11 is 0. The summed E-state index contributed by atoms with van der Waals surface area (Å²) in [6, 6.07) is 0.360. The molecule has 3 heteroatoms. The van der Waals surface area contributed by atoms with E-state index in [1.165, 1.54) is 12.8 Å². The third-order valence-corrected chi connectivity index (χ3v) is 3.97. The number of nitrogens with zero attached hydrogens (tertiary/aromatic N) is 1. The Balaban J connectivity index is 2.39. The van der Waals surface area contributed by atoms with Gasteiger partial charge >= 0.3 is 0 Å². The molecule has 0 spiro atoms. The van der Waals surface area contributed by atoms with Crippen molar-refractivity contribution in [3.63, 3.8) is 0 Å². The van der Waals surface area contributed by atoms with E-state index in [2.05, 4.69) is 18.7 Å². The van der Waals surface area contributed by atoms with Gasteiger partial charge < -0.3 is 9.84 Å². The smallest absolute Gasteiger partial charge is 0.0695 e. The van der Waals surface area contributed by atoms with Gasteiger partial charge in [0.2, 0.25) is 0 Å². The predicted molar refractivity (Wildman–Crippen MR) is 71.2 cm³/mol. The molecule has 0 radical (unpaired) electrons. The molecule has 1 heterocycles. The molecule has 0 aromatic carbocycles. The fraction of sp³-hybridized carbons (Fsp3) is 1.00. The molecule has 0 aromatic rings. The number of rotatable bonds is 7. The third-order valence-electron chi connectivity index (χ3n) is 3.97. The van der Waals surface area contributed by atoms with Crippen LogP contribution in [0.4, 0.5) is 0 Å². The monoisotopic (exact) mass is 243 g/mol. The summed E-state index contributed by atoms with van der Waals surface area (Å²) < 4.78 is 5.22. The molecule has 0 saturated carbocycles. The van der Waals surface area contributed by atoms with Crippen molar-refractivity contribution in [3.8, 4) is 0 Å². The number of piperidine rings is 1. The van der Waals surface area contributed by atoms with Gasteiger partial charge in [-0.1, -0.05) is 20.3 Å². The van der Waals surface area contributed by atoms with Crippen molar-refractivity contribution in [1.29, 1.82) is 0 Å². The van der Waals surface area contributed by atoms with Gasteiger partial charge in [-0.05, 0) is 44.7 Å². The van der Waals surface area contributed by atoms with Crippen LogP contribution in [-0.2, 0) is 4.74 Å². The molecule has 0 aromatic heterocycles. The van der Waals surface area contributed by atoms with E-state index in [0.29, 0.717) is 6.04 Å². The van der Waals surface area contributed by atoms with Gasteiger partial charge in [-0.15, -0.1) is 0 Å². The lowest BCUT2D eigenvalue weighted by molar-refractivity contribution is 0.0127. The minimum atomic E-state index is -0.149. The fourth-order valence-electron chi connectivity index (χ4n) is 2.95. The van der Waals surface area contributed by atoms with Crippen LogP contribution in [0.5, 0.6) is 0 Å². The van der Waals surface area contributed by atoms with Gasteiger partial charge in [0.15, 0.2) is 0 Å². The summed E-state index contributed by atoms with van der Waals surface area (Å²) in [4.78, 5) is 2.48. The lowest BCUT2D eigenvalue weighted by Crippen LogP contribution is -2.47. The SMILES string of the molecule is CCCC(O)C(CC)N1CCC(COC)CC1. The van der Waals surface area contributed by atoms with E-state index in [1.807, 2.05) is 0 Å². The third kappa shape index (κ3) is 4.57. The quantitative estimate of drug-likeness (QED) is 0.744. The van der Waals surface area contributed by atoms with Crippen LogP contribution in [0.25, 0.3) is 0 Å². The van der Waals surface area contributed by atoms with Crippen LogP contribution in [0.2, 0.25) is 0 Å². The maximum atomic E-state index is 10.2. The predicted octanol–water partition coefficient (Wildman–Crippen LogP) is 2.28. The van der Waals surface area contributed by atoms with E-state index in [0.717, 1.165) is 44.9 Å². The number of hydrogen-bond donors (Lipinski definition) is 1. The number of aliphatic hydroxyl groups excluding tert-OH is 1. The van der Waals surface area contributed by atoms with Crippen LogP contribution in [0.15, 0.2) is 0 Å². The number of likely N-dealkylation sites (tertiary alicyclic amines) is 1. The maximum Gasteiger partial charge on any atom is 0.0695 e. The second kappa shape index (κ2) is 8.06. The average molecular weight is 243 g/mol. The molecule has 2 unspecified atom stereocenters. The molecule has 1 saturated heterocycles. The number of aliphatic hydroxyl groups is 1. The first-order valence-electron chi connectivity index (χ1n) is 7.13. The van der Waals surface area contributed by atoms with Gasteiger partial charge in [-0.25, -0.2) is 0 Å². The second-order valence-corrected chi connectivity index (χ2v) is 5.27. The van der Waals surface area contributed by atoms with Crippen LogP contribution in [-0.4, -0.2) is 49.0 Å². The highest BCUT2D eigenvalue weighted by Crippen LogP contribution is 2.22. The molecule has 1 rings (SSSR count). The Morgan fingerprint density at radius 1 is 1.29 bits per heavy atom. The van der Waals surface area contributed by atoms with Crippen LogP contribution in [0.1, 0.15) is 46.0 Å². The molecule has 17 heavy (non-hydrogen) atoms. The highest BCUT2D eigenvalue weighted by molar-refractivity contribution is 4.82. The van der Waals surface area contributed by atoms with E-state index in [9.17, 15) is 5.11 Å². The average Bonchev–Trinajstić information content (AvgIpc) is 2.33. The van der Waals surface area contributed by atoms with Crippen molar-refractivity contribution in [2.24, 2.45) is 5.92 Å². The van der Waals surface area contributed by atoms with E-state index in [-0.39, 0.29) is 6.10 Å². The van der Waals surface area contributed by atoms with Crippen LogP contribution in [0, 0.1) is 5.92 Å². The Bertz CT molecular complexity index is 191. The molecule has 1 N–H and O–H groups in total. The lowest BCUT2D eigenvalue weighted by atomic mass is 9.94. The van der Waals surface area contributed by atoms with Crippen LogP contribution >= 0.6 is 0 Å². The Morgan fingerprint density at radius 2 is 1.94 bits per heavy atom. The van der Waals surface area contributed by atoms with Crippen molar-refractivity contribution in [1.82, 2.24) is 4.90 Å². The summed E-state index contributed by atoms with van der Waals surface area (Å²) in [5, 5.41) is 10.2. The summed E-state index contributed by atoms with van der Waals surface area (Å²) in [5.41, 5.74) is 0. The van der Waals surface area contributed by atoms with Crippen LogP contribution in [0.3, 0.4) is 0 Å². The van der Waals surface area contributed by atoms with Gasteiger partial charge in [0.25, 0.3) is 0 Å². The van der Waals surface area contributed by atoms with Crippen molar-refractivity contribution >= 4 is 0 Å². The van der Waals surface area contributed by atoms with Gasteiger partial charge in [-0.3, -0.25) is 4.90 Å². The molecule has 1 fully saturated rings. The highest BCUT2D eigenvalue weighted by atomic mass is 16.5. The van der Waals surface area contributed by atoms with E-state index < -0.39 is 0 Å². The number of ether oxygens (including phenoxy) is 1. The second-order valence-electron chi connectivity index (χ2n) is 5.27. The topological polar surface area (TPSA) is 32.7 Å². The van der Waals surface area contributed by atoms with Gasteiger partial charge in [0.05, 0.1) is 6.10 Å². The van der Waals surface area contributed by atoms with Gasteiger partial charge in [0, 0.05) is 19.8 Å². The molecule has 0 amide bonds. The Labute approximate surface area is 106 Å². The van der Waals surface area contributed by atoms with E-state index >= 15 is 0 Å². The number of hydrogen-bond acceptors (Lipinski definition) is 3. The molecular weight excluding hydrogens is 214 g/mol. The Kier molecular flexibility index (Phi) is 7.09. The first-order chi connectivity index (χ1) is 8.22. The maximum absolute atomic E-state index is 10.2. The summed E-state index contributed by atoms with van der Waals surface area (Å²) in [6.07, 6.45) is 5.32. The van der Waals surface area contributed by atoms with E-state index in [1.54, 1.807) is 7.11 Å². The molecule has 3 nitrogen and oxygen atoms in total. The molecular formula is C14H29NO2. The minimum absolute atomic E-state index is 0.149. The van der Waals surface area contributed by atoms with Crippen molar-refractivity contribution < 1.29 is 9.84 Å². The zero-order valence-corrected chi connectivity index (χ0v) is 11.7. The lowest BCUT2D eigenvalue weighted by Gasteiger charge is -2.39. The molecule has 1 aliphatic rings. The first kappa shape index (κ1) is 14.9. The Hall–Kier alpha value is -0.120. The largest absolute Gasteiger partial charge is 0.391 e. The molecule has 1 aliphatic heterocycles. The molecule has 2 atom stereocenters. The Morgan fingerprint density at radius 3 is 2.41 bits per heavy atom. The summed E-state index contributed by atoms with van der Waals surface area (Å²) in [7, 11) is 1.78. The van der Waals surface area contributed by atoms with E-state index in [4.69, 9.17) is 4.74 Å². The summed E-state index contributed by atoms with van der Waals surface area (Å²) in [6.45, 7) is 7.45. The molecule has 0 bridgehead atoms. The van der Waals surface area contributed by atoms with Gasteiger partial charge in [0.1, 0.15) is 0 Å². The molecule has 0 aliphatic carbocycles. The summed E-state index contributed by atoms with van der Waals surface area (Å²) in [5.74, 6) is 0.720. The first-order valence-corrected chi connectivity index (χ1v) is 7.13. The molecule has 102 valence electrons. The zero-order valence-electron chi connectivity index (χ0n) is 11.7. The highest BCUT2D eigenvalue weighted by Gasteiger charge is 2.27. The van der Waals surface area contributed by atoms with Gasteiger partial charge in [-0.2, -0.15) is 0 Å². The zero-order chi connectivity index (χ0) is 12.7. The van der Waals surface area contributed by atoms with Crippen molar-refractivity contribution in [2.75, 3.05) is 26.8 Å². The minimum Gasteiger partial charge on any atom is -0.391 e. The number of methoxy groups -OCH3 is 1. The van der Waals surface area contributed by atoms with Crippen molar-refractivity contribution in [3.05, 3.63) is 0 Å². The normalized spacial score (nSPS) is 22.6. The fourth-order valence-corrected chi connectivity index (χ4v) is 2.95.